The highest BCUT2D eigenvalue weighted by Crippen LogP contribution is 2.41. The maximum Gasteiger partial charge on any atom is 0.0923 e. The Morgan fingerprint density at radius 3 is 1.00 bits per heavy atom. The van der Waals surface area contributed by atoms with E-state index < -0.39 is 0 Å². The molecule has 2 saturated heterocycles. The van der Waals surface area contributed by atoms with Crippen LogP contribution >= 0.6 is 0 Å². The van der Waals surface area contributed by atoms with Gasteiger partial charge in [-0.15, -0.1) is 0 Å². The maximum atomic E-state index is 10.7. The van der Waals surface area contributed by atoms with Crippen LogP contribution < -0.4 is 0 Å². The first-order valence-electron chi connectivity index (χ1n) is 13.8. The molecule has 0 saturated carbocycles. The van der Waals surface area contributed by atoms with Gasteiger partial charge in [-0.25, -0.2) is 0 Å². The third-order valence-electron chi connectivity index (χ3n) is 9.43. The summed E-state index contributed by atoms with van der Waals surface area (Å²) in [7, 11) is 9.56. The standard InChI is InChI=1S/C28H60N4O2/c1-25(2)19-23(20-26(3,4)29(25)33)31(9,10)17-15-13-14-16-18-32(11,12)24-21-27(5,6)30(34)28(7,8)22-24/h23-24,33-34H,13-22H2,1-12H3/q+2. The Hall–Kier alpha value is -0.240. The van der Waals surface area contributed by atoms with E-state index in [1.807, 2.05) is 0 Å². The van der Waals surface area contributed by atoms with Gasteiger partial charge in [-0.3, -0.25) is 0 Å². The first kappa shape index (κ1) is 30.0. The van der Waals surface area contributed by atoms with E-state index >= 15 is 0 Å². The topological polar surface area (TPSA) is 46.9 Å². The molecule has 0 radical (unpaired) electrons. The first-order valence-corrected chi connectivity index (χ1v) is 13.8. The molecule has 0 spiro atoms. The van der Waals surface area contributed by atoms with E-state index in [2.05, 4.69) is 83.6 Å². The third kappa shape index (κ3) is 6.74. The number of quaternary nitrogens is 2. The van der Waals surface area contributed by atoms with Crippen LogP contribution in [0.3, 0.4) is 0 Å². The smallest absolute Gasteiger partial charge is 0.0923 e. The van der Waals surface area contributed by atoms with Crippen LogP contribution in [0, 0.1) is 0 Å². The molecular weight excluding hydrogens is 424 g/mol. The molecule has 2 heterocycles. The van der Waals surface area contributed by atoms with Gasteiger partial charge in [0.05, 0.1) is 53.4 Å². The zero-order chi connectivity index (χ0) is 26.4. The van der Waals surface area contributed by atoms with Gasteiger partial charge in [0.25, 0.3) is 0 Å². The van der Waals surface area contributed by atoms with Gasteiger partial charge in [-0.1, -0.05) is 0 Å². The van der Waals surface area contributed by atoms with E-state index in [9.17, 15) is 10.4 Å². The van der Waals surface area contributed by atoms with Crippen LogP contribution in [0.4, 0.5) is 0 Å². The van der Waals surface area contributed by atoms with Crippen LogP contribution in [-0.2, 0) is 0 Å². The molecule has 202 valence electrons. The summed E-state index contributed by atoms with van der Waals surface area (Å²) >= 11 is 0. The fraction of sp³-hybridized carbons (Fsp3) is 1.00. The van der Waals surface area contributed by atoms with Gasteiger partial charge in [0.2, 0.25) is 0 Å². The molecule has 0 aromatic rings. The minimum absolute atomic E-state index is 0.180. The van der Waals surface area contributed by atoms with E-state index in [1.165, 1.54) is 38.8 Å². The van der Waals surface area contributed by atoms with Gasteiger partial charge in [-0.2, -0.15) is 10.1 Å². The van der Waals surface area contributed by atoms with Gasteiger partial charge >= 0.3 is 0 Å². The molecule has 2 aliphatic rings. The summed E-state index contributed by atoms with van der Waals surface area (Å²) in [5, 5.41) is 24.5. The second-order valence-electron chi connectivity index (χ2n) is 15.4. The van der Waals surface area contributed by atoms with E-state index in [0.717, 1.165) is 34.6 Å². The van der Waals surface area contributed by atoms with Gasteiger partial charge in [-0.05, 0) is 81.1 Å². The van der Waals surface area contributed by atoms with Crippen molar-refractivity contribution in [2.24, 2.45) is 0 Å². The number of nitrogens with zero attached hydrogens (tertiary/aromatic N) is 4. The molecule has 2 N–H and O–H groups in total. The number of hydrogen-bond acceptors (Lipinski definition) is 4. The average Bonchev–Trinajstić information content (AvgIpc) is 2.65. The predicted octanol–water partition coefficient (Wildman–Crippen LogP) is 5.52. The van der Waals surface area contributed by atoms with Crippen molar-refractivity contribution >= 4 is 0 Å². The van der Waals surface area contributed by atoms with E-state index in [-0.39, 0.29) is 22.2 Å². The van der Waals surface area contributed by atoms with Gasteiger partial charge in [0, 0.05) is 47.8 Å². The van der Waals surface area contributed by atoms with Crippen molar-refractivity contribution in [3.8, 4) is 0 Å². The number of piperidine rings is 2. The largest absolute Gasteiger partial charge is 0.326 e. The number of hydrogen-bond donors (Lipinski definition) is 2. The second-order valence-corrected chi connectivity index (χ2v) is 15.4. The van der Waals surface area contributed by atoms with Gasteiger partial charge in [0.15, 0.2) is 0 Å². The van der Waals surface area contributed by atoms with Gasteiger partial charge in [0.1, 0.15) is 0 Å². The summed E-state index contributed by atoms with van der Waals surface area (Å²) in [5.74, 6) is 0. The molecule has 0 aromatic heterocycles. The minimum Gasteiger partial charge on any atom is -0.326 e. The summed E-state index contributed by atoms with van der Waals surface area (Å²) in [6, 6.07) is 1.15. The van der Waals surface area contributed by atoms with Gasteiger partial charge < -0.3 is 19.4 Å². The SMILES string of the molecule is CC1(C)CC([N+](C)(C)CCCCCC[N+](C)(C)C2CC(C)(C)N(O)C(C)(C)C2)CC(C)(C)N1O. The first-order chi connectivity index (χ1) is 15.1. The fourth-order valence-electron chi connectivity index (χ4n) is 7.18. The predicted molar refractivity (Wildman–Crippen MR) is 142 cm³/mol. The Labute approximate surface area is 212 Å². The Morgan fingerprint density at radius 1 is 0.529 bits per heavy atom. The lowest BCUT2D eigenvalue weighted by Gasteiger charge is -2.55. The average molecular weight is 485 g/mol. The van der Waals surface area contributed by atoms with Crippen molar-refractivity contribution < 1.29 is 19.4 Å². The van der Waals surface area contributed by atoms with E-state index in [0.29, 0.717) is 12.1 Å². The van der Waals surface area contributed by atoms with Crippen molar-refractivity contribution in [2.45, 2.75) is 141 Å². The molecule has 2 fully saturated rings. The summed E-state index contributed by atoms with van der Waals surface area (Å²) in [4.78, 5) is 0. The summed E-state index contributed by atoms with van der Waals surface area (Å²) < 4.78 is 2.10. The molecule has 0 aliphatic carbocycles. The highest BCUT2D eigenvalue weighted by molar-refractivity contribution is 4.97. The van der Waals surface area contributed by atoms with Crippen LogP contribution in [0.2, 0.25) is 0 Å². The molecule has 6 heteroatoms. The Balaban J connectivity index is 1.80. The Bertz CT molecular complexity index is 590. The monoisotopic (exact) mass is 484 g/mol. The fourth-order valence-corrected chi connectivity index (χ4v) is 7.18. The van der Waals surface area contributed by atoms with Crippen molar-refractivity contribution in [1.29, 1.82) is 0 Å². The van der Waals surface area contributed by atoms with Crippen molar-refractivity contribution in [3.05, 3.63) is 0 Å². The summed E-state index contributed by atoms with van der Waals surface area (Å²) in [6.45, 7) is 19.8. The molecule has 2 rings (SSSR count). The second kappa shape index (κ2) is 9.90. The summed E-state index contributed by atoms with van der Waals surface area (Å²) in [5.41, 5.74) is -0.719. The zero-order valence-electron chi connectivity index (χ0n) is 24.9. The van der Waals surface area contributed by atoms with Crippen LogP contribution in [0.15, 0.2) is 0 Å². The lowest BCUT2D eigenvalue weighted by molar-refractivity contribution is -0.919. The lowest BCUT2D eigenvalue weighted by Crippen LogP contribution is -2.66. The van der Waals surface area contributed by atoms with Crippen molar-refractivity contribution in [3.63, 3.8) is 0 Å². The quantitative estimate of drug-likeness (QED) is 0.334. The number of rotatable bonds is 9. The third-order valence-corrected chi connectivity index (χ3v) is 9.43. The molecule has 0 amide bonds. The highest BCUT2D eigenvalue weighted by atomic mass is 16.5. The molecule has 6 nitrogen and oxygen atoms in total. The number of hydroxylamine groups is 4. The van der Waals surface area contributed by atoms with Crippen LogP contribution in [0.25, 0.3) is 0 Å². The Morgan fingerprint density at radius 2 is 0.765 bits per heavy atom. The molecule has 34 heavy (non-hydrogen) atoms. The van der Waals surface area contributed by atoms with E-state index in [1.54, 1.807) is 10.1 Å². The molecular formula is C28H60N4O2+2. The van der Waals surface area contributed by atoms with Crippen LogP contribution in [0.1, 0.15) is 107 Å². The lowest BCUT2D eigenvalue weighted by atomic mass is 9.77. The van der Waals surface area contributed by atoms with E-state index in [4.69, 9.17) is 0 Å². The molecule has 0 aromatic carbocycles. The normalized spacial score (nSPS) is 26.6. The highest BCUT2D eigenvalue weighted by Gasteiger charge is 2.51. The molecule has 0 atom stereocenters. The zero-order valence-corrected chi connectivity index (χ0v) is 24.9. The molecule has 0 unspecified atom stereocenters. The molecule has 0 bridgehead atoms. The summed E-state index contributed by atoms with van der Waals surface area (Å²) in [6.07, 6.45) is 9.25. The Kier molecular flexibility index (Phi) is 8.74. The van der Waals surface area contributed by atoms with Crippen LogP contribution in [0.5, 0.6) is 0 Å². The molecule has 2 aliphatic heterocycles. The minimum atomic E-state index is -0.180. The van der Waals surface area contributed by atoms with Crippen LogP contribution in [-0.4, -0.2) is 105 Å². The number of unbranched alkanes of at least 4 members (excludes halogenated alkanes) is 3. The van der Waals surface area contributed by atoms with Crippen molar-refractivity contribution in [1.82, 2.24) is 10.1 Å². The maximum absolute atomic E-state index is 10.7. The van der Waals surface area contributed by atoms with Crippen molar-refractivity contribution in [2.75, 3.05) is 41.3 Å².